The van der Waals surface area contributed by atoms with Gasteiger partial charge in [0.05, 0.1) is 17.4 Å². The van der Waals surface area contributed by atoms with Crippen molar-refractivity contribution in [3.8, 4) is 0 Å². The molecule has 0 aromatic heterocycles. The summed E-state index contributed by atoms with van der Waals surface area (Å²) in [4.78, 5) is 14.1. The fraction of sp³-hybridized carbons (Fsp3) is 0.917. The van der Waals surface area contributed by atoms with Crippen LogP contribution in [0.3, 0.4) is 0 Å². The zero-order valence-electron chi connectivity index (χ0n) is 11.3. The van der Waals surface area contributed by atoms with Crippen molar-refractivity contribution in [2.75, 3.05) is 24.6 Å². The van der Waals surface area contributed by atoms with Crippen molar-refractivity contribution in [3.05, 3.63) is 0 Å². The van der Waals surface area contributed by atoms with Crippen LogP contribution in [-0.2, 0) is 14.6 Å². The third-order valence-corrected chi connectivity index (χ3v) is 5.29. The lowest BCUT2D eigenvalue weighted by Crippen LogP contribution is -2.45. The molecule has 1 fully saturated rings. The molecule has 106 valence electrons. The molecular weight excluding hydrogens is 252 g/mol. The Bertz CT molecular complexity index is 381. The highest BCUT2D eigenvalue weighted by Crippen LogP contribution is 2.20. The van der Waals surface area contributed by atoms with Gasteiger partial charge in [0.15, 0.2) is 9.84 Å². The largest absolute Gasteiger partial charge is 0.339 e. The number of sulfone groups is 1. The van der Waals surface area contributed by atoms with Gasteiger partial charge in [-0.15, -0.1) is 0 Å². The van der Waals surface area contributed by atoms with Gasteiger partial charge in [-0.1, -0.05) is 13.3 Å². The minimum Gasteiger partial charge on any atom is -0.339 e. The van der Waals surface area contributed by atoms with E-state index in [0.29, 0.717) is 19.5 Å². The number of nitrogens with two attached hydrogens (primary N) is 1. The van der Waals surface area contributed by atoms with E-state index in [4.69, 9.17) is 5.73 Å². The molecule has 1 rings (SSSR count). The average Bonchev–Trinajstić information content (AvgIpc) is 2.67. The molecule has 2 unspecified atom stereocenters. The molecule has 2 atom stereocenters. The SMILES string of the molecule is CCCC(CN)C(=O)N(CC)C1CCS(=O)(=O)C1. The van der Waals surface area contributed by atoms with Gasteiger partial charge in [0.1, 0.15) is 0 Å². The molecule has 0 radical (unpaired) electrons. The van der Waals surface area contributed by atoms with Crippen LogP contribution in [0.2, 0.25) is 0 Å². The fourth-order valence-electron chi connectivity index (χ4n) is 2.54. The second-order valence-electron chi connectivity index (χ2n) is 4.90. The summed E-state index contributed by atoms with van der Waals surface area (Å²) in [6, 6.07) is -0.154. The normalized spacial score (nSPS) is 23.8. The fourth-order valence-corrected chi connectivity index (χ4v) is 4.27. The summed E-state index contributed by atoms with van der Waals surface area (Å²) in [5.74, 6) is 0.153. The number of rotatable bonds is 6. The molecule has 0 aliphatic carbocycles. The van der Waals surface area contributed by atoms with Crippen molar-refractivity contribution < 1.29 is 13.2 Å². The van der Waals surface area contributed by atoms with E-state index in [1.807, 2.05) is 13.8 Å². The maximum Gasteiger partial charge on any atom is 0.227 e. The molecule has 0 aromatic rings. The van der Waals surface area contributed by atoms with Gasteiger partial charge in [-0.3, -0.25) is 4.79 Å². The van der Waals surface area contributed by atoms with Crippen LogP contribution in [0.1, 0.15) is 33.1 Å². The molecular formula is C12H24N2O3S. The van der Waals surface area contributed by atoms with Crippen molar-refractivity contribution in [2.45, 2.75) is 39.2 Å². The highest BCUT2D eigenvalue weighted by atomic mass is 32.2. The molecule has 1 amide bonds. The summed E-state index contributed by atoms with van der Waals surface area (Å²) in [5, 5.41) is 0. The van der Waals surface area contributed by atoms with Crippen molar-refractivity contribution in [1.29, 1.82) is 0 Å². The van der Waals surface area contributed by atoms with E-state index in [2.05, 4.69) is 0 Å². The van der Waals surface area contributed by atoms with Gasteiger partial charge < -0.3 is 10.6 Å². The van der Waals surface area contributed by atoms with Crippen molar-refractivity contribution in [3.63, 3.8) is 0 Å². The first-order chi connectivity index (χ1) is 8.45. The number of nitrogens with zero attached hydrogens (tertiary/aromatic N) is 1. The Labute approximate surface area is 110 Å². The zero-order chi connectivity index (χ0) is 13.8. The minimum absolute atomic E-state index is 0.0175. The third kappa shape index (κ3) is 3.68. The molecule has 6 heteroatoms. The zero-order valence-corrected chi connectivity index (χ0v) is 12.1. The van der Waals surface area contributed by atoms with Crippen molar-refractivity contribution >= 4 is 15.7 Å². The monoisotopic (exact) mass is 276 g/mol. The van der Waals surface area contributed by atoms with Crippen LogP contribution in [0.25, 0.3) is 0 Å². The van der Waals surface area contributed by atoms with Gasteiger partial charge in [0.2, 0.25) is 5.91 Å². The lowest BCUT2D eigenvalue weighted by Gasteiger charge is -2.30. The van der Waals surface area contributed by atoms with Crippen LogP contribution < -0.4 is 5.73 Å². The smallest absolute Gasteiger partial charge is 0.227 e. The number of hydrogen-bond acceptors (Lipinski definition) is 4. The van der Waals surface area contributed by atoms with Crippen LogP contribution in [0.15, 0.2) is 0 Å². The Hall–Kier alpha value is -0.620. The second-order valence-corrected chi connectivity index (χ2v) is 7.13. The Balaban J connectivity index is 2.74. The summed E-state index contributed by atoms with van der Waals surface area (Å²) in [6.45, 7) is 4.80. The average molecular weight is 276 g/mol. The van der Waals surface area contributed by atoms with Crippen LogP contribution in [-0.4, -0.2) is 49.9 Å². The van der Waals surface area contributed by atoms with Gasteiger partial charge in [0, 0.05) is 19.1 Å². The highest BCUT2D eigenvalue weighted by Gasteiger charge is 2.35. The van der Waals surface area contributed by atoms with E-state index in [-0.39, 0.29) is 29.4 Å². The summed E-state index contributed by atoms with van der Waals surface area (Å²) in [6.07, 6.45) is 2.24. The topological polar surface area (TPSA) is 80.5 Å². The number of amides is 1. The quantitative estimate of drug-likeness (QED) is 0.761. The van der Waals surface area contributed by atoms with E-state index in [9.17, 15) is 13.2 Å². The van der Waals surface area contributed by atoms with Crippen molar-refractivity contribution in [2.24, 2.45) is 11.7 Å². The summed E-state index contributed by atoms with van der Waals surface area (Å²) >= 11 is 0. The molecule has 1 aliphatic rings. The first-order valence-corrected chi connectivity index (χ1v) is 8.48. The van der Waals surface area contributed by atoms with Crippen LogP contribution in [0.4, 0.5) is 0 Å². The molecule has 1 heterocycles. The molecule has 18 heavy (non-hydrogen) atoms. The number of hydrogen-bond donors (Lipinski definition) is 1. The Morgan fingerprint density at radius 2 is 2.11 bits per heavy atom. The van der Waals surface area contributed by atoms with Gasteiger partial charge in [0.25, 0.3) is 0 Å². The summed E-state index contributed by atoms with van der Waals surface area (Å²) in [7, 11) is -2.95. The predicted molar refractivity (Wildman–Crippen MR) is 71.9 cm³/mol. The van der Waals surface area contributed by atoms with Gasteiger partial charge >= 0.3 is 0 Å². The minimum atomic E-state index is -2.95. The molecule has 1 saturated heterocycles. The summed E-state index contributed by atoms with van der Waals surface area (Å²) < 4.78 is 23.0. The van der Waals surface area contributed by atoms with Crippen LogP contribution in [0, 0.1) is 5.92 Å². The second kappa shape index (κ2) is 6.52. The van der Waals surface area contributed by atoms with Crippen molar-refractivity contribution in [1.82, 2.24) is 4.90 Å². The third-order valence-electron chi connectivity index (χ3n) is 3.54. The van der Waals surface area contributed by atoms with Gasteiger partial charge in [-0.2, -0.15) is 0 Å². The lowest BCUT2D eigenvalue weighted by molar-refractivity contribution is -0.137. The molecule has 0 saturated carbocycles. The predicted octanol–water partition coefficient (Wildman–Crippen LogP) is 0.397. The van der Waals surface area contributed by atoms with Gasteiger partial charge in [-0.25, -0.2) is 8.42 Å². The van der Waals surface area contributed by atoms with Crippen LogP contribution >= 0.6 is 0 Å². The lowest BCUT2D eigenvalue weighted by atomic mass is 10.0. The molecule has 5 nitrogen and oxygen atoms in total. The van der Waals surface area contributed by atoms with E-state index >= 15 is 0 Å². The first-order valence-electron chi connectivity index (χ1n) is 6.66. The summed E-state index contributed by atoms with van der Waals surface area (Å²) in [5.41, 5.74) is 5.64. The number of carbonyl (C=O) groups is 1. The Kier molecular flexibility index (Phi) is 5.59. The first kappa shape index (κ1) is 15.4. The van der Waals surface area contributed by atoms with Gasteiger partial charge in [-0.05, 0) is 19.8 Å². The molecule has 2 N–H and O–H groups in total. The molecule has 0 aromatic carbocycles. The van der Waals surface area contributed by atoms with E-state index < -0.39 is 9.84 Å². The maximum absolute atomic E-state index is 12.3. The van der Waals surface area contributed by atoms with E-state index in [1.165, 1.54) is 0 Å². The Morgan fingerprint density at radius 1 is 1.44 bits per heavy atom. The maximum atomic E-state index is 12.3. The molecule has 0 bridgehead atoms. The Morgan fingerprint density at radius 3 is 2.50 bits per heavy atom. The molecule has 1 aliphatic heterocycles. The molecule has 0 spiro atoms. The highest BCUT2D eigenvalue weighted by molar-refractivity contribution is 7.91. The number of carbonyl (C=O) groups excluding carboxylic acids is 1. The van der Waals surface area contributed by atoms with Crippen LogP contribution in [0.5, 0.6) is 0 Å². The van der Waals surface area contributed by atoms with E-state index in [1.54, 1.807) is 4.90 Å². The standard InChI is InChI=1S/C12H24N2O3S/c1-3-5-10(8-13)12(15)14(4-2)11-6-7-18(16,17)9-11/h10-11H,3-9,13H2,1-2H3. The van der Waals surface area contributed by atoms with E-state index in [0.717, 1.165) is 12.8 Å².